The molecule has 0 unspecified atom stereocenters. The van der Waals surface area contributed by atoms with Gasteiger partial charge in [0.15, 0.2) is 0 Å². The predicted molar refractivity (Wildman–Crippen MR) is 77.9 cm³/mol. The summed E-state index contributed by atoms with van der Waals surface area (Å²) in [7, 11) is 1.58. The van der Waals surface area contributed by atoms with Crippen LogP contribution < -0.4 is 5.32 Å². The minimum absolute atomic E-state index is 0.00141. The third-order valence-electron chi connectivity index (χ3n) is 2.74. The summed E-state index contributed by atoms with van der Waals surface area (Å²) in [5.41, 5.74) is 1.05. The van der Waals surface area contributed by atoms with Gasteiger partial charge in [-0.2, -0.15) is 0 Å². The molecule has 0 fully saturated rings. The summed E-state index contributed by atoms with van der Waals surface area (Å²) >= 11 is 0. The summed E-state index contributed by atoms with van der Waals surface area (Å²) in [5.74, 6) is 5.10. The van der Waals surface area contributed by atoms with E-state index in [2.05, 4.69) is 17.2 Å². The molecule has 1 amide bonds. The minimum atomic E-state index is -0.375. The lowest BCUT2D eigenvalue weighted by molar-refractivity contribution is -0.121. The summed E-state index contributed by atoms with van der Waals surface area (Å²) in [6.07, 6.45) is 1.37. The molecule has 0 aromatic heterocycles. The Bertz CT molecular complexity index is 520. The first-order valence-corrected chi connectivity index (χ1v) is 6.81. The fourth-order valence-electron chi connectivity index (χ4n) is 1.67. The van der Waals surface area contributed by atoms with Crippen LogP contribution in [0.2, 0.25) is 0 Å². The SMILES string of the molecule is COCCCC(=O)NCc1cc(C#CCCO)ccc1F. The zero-order valence-electron chi connectivity index (χ0n) is 12.1. The minimum Gasteiger partial charge on any atom is -0.395 e. The molecule has 0 heterocycles. The molecule has 1 rings (SSSR count). The van der Waals surface area contributed by atoms with Crippen LogP contribution in [0.15, 0.2) is 18.2 Å². The maximum atomic E-state index is 13.7. The number of amides is 1. The summed E-state index contributed by atoms with van der Waals surface area (Å²) in [4.78, 5) is 11.6. The van der Waals surface area contributed by atoms with E-state index in [0.29, 0.717) is 37.0 Å². The molecule has 0 aliphatic heterocycles. The van der Waals surface area contributed by atoms with Gasteiger partial charge in [0.05, 0.1) is 6.61 Å². The van der Waals surface area contributed by atoms with Crippen molar-refractivity contribution in [2.75, 3.05) is 20.3 Å². The molecule has 0 aliphatic rings. The van der Waals surface area contributed by atoms with Gasteiger partial charge in [-0.1, -0.05) is 11.8 Å². The summed E-state index contributed by atoms with van der Waals surface area (Å²) < 4.78 is 18.5. The monoisotopic (exact) mass is 293 g/mol. The largest absolute Gasteiger partial charge is 0.395 e. The molecular weight excluding hydrogens is 273 g/mol. The maximum absolute atomic E-state index is 13.7. The summed E-state index contributed by atoms with van der Waals surface area (Å²) in [5, 5.41) is 11.3. The molecule has 0 bridgehead atoms. The number of carbonyl (C=O) groups excluding carboxylic acids is 1. The highest BCUT2D eigenvalue weighted by Gasteiger charge is 2.05. The van der Waals surface area contributed by atoms with E-state index in [-0.39, 0.29) is 24.9 Å². The first kappa shape index (κ1) is 17.2. The van der Waals surface area contributed by atoms with E-state index in [4.69, 9.17) is 9.84 Å². The lowest BCUT2D eigenvalue weighted by atomic mass is 10.1. The van der Waals surface area contributed by atoms with Gasteiger partial charge in [-0.15, -0.1) is 0 Å². The van der Waals surface area contributed by atoms with Gasteiger partial charge in [0, 0.05) is 44.2 Å². The van der Waals surface area contributed by atoms with Crippen LogP contribution in [0, 0.1) is 17.7 Å². The molecule has 0 saturated carbocycles. The van der Waals surface area contributed by atoms with Crippen LogP contribution in [0.25, 0.3) is 0 Å². The number of ether oxygens (including phenoxy) is 1. The van der Waals surface area contributed by atoms with E-state index in [9.17, 15) is 9.18 Å². The highest BCUT2D eigenvalue weighted by atomic mass is 19.1. The van der Waals surface area contributed by atoms with Crippen molar-refractivity contribution in [3.05, 3.63) is 35.1 Å². The molecule has 1 aromatic carbocycles. The van der Waals surface area contributed by atoms with Crippen LogP contribution in [0.4, 0.5) is 4.39 Å². The van der Waals surface area contributed by atoms with Crippen molar-refractivity contribution in [2.45, 2.75) is 25.8 Å². The Balaban J connectivity index is 2.56. The molecule has 2 N–H and O–H groups in total. The smallest absolute Gasteiger partial charge is 0.220 e. The Labute approximate surface area is 124 Å². The van der Waals surface area contributed by atoms with E-state index >= 15 is 0 Å². The average molecular weight is 293 g/mol. The Morgan fingerprint density at radius 1 is 1.48 bits per heavy atom. The molecular formula is C16H20FNO3. The van der Waals surface area contributed by atoms with Crippen molar-refractivity contribution in [2.24, 2.45) is 0 Å². The Hall–Kier alpha value is -1.90. The number of hydrogen-bond donors (Lipinski definition) is 2. The Kier molecular flexibility index (Phi) is 8.10. The molecule has 0 saturated heterocycles. The molecule has 0 atom stereocenters. The molecule has 0 spiro atoms. The number of carbonyl (C=O) groups is 1. The first-order chi connectivity index (χ1) is 10.2. The van der Waals surface area contributed by atoms with E-state index in [1.54, 1.807) is 19.2 Å². The number of hydrogen-bond acceptors (Lipinski definition) is 3. The normalized spacial score (nSPS) is 9.86. The third-order valence-corrected chi connectivity index (χ3v) is 2.74. The van der Waals surface area contributed by atoms with Crippen LogP contribution in [0.1, 0.15) is 30.4 Å². The number of nitrogens with one attached hydrogen (secondary N) is 1. The van der Waals surface area contributed by atoms with Gasteiger partial charge in [0.25, 0.3) is 0 Å². The van der Waals surface area contributed by atoms with Crippen molar-refractivity contribution in [1.29, 1.82) is 0 Å². The summed E-state index contributed by atoms with van der Waals surface area (Å²) in [6, 6.07) is 4.51. The van der Waals surface area contributed by atoms with Crippen molar-refractivity contribution in [3.63, 3.8) is 0 Å². The third kappa shape index (κ3) is 6.89. The van der Waals surface area contributed by atoms with Gasteiger partial charge in [0.1, 0.15) is 5.82 Å². The molecule has 0 radical (unpaired) electrons. The van der Waals surface area contributed by atoms with Gasteiger partial charge in [-0.3, -0.25) is 4.79 Å². The quantitative estimate of drug-likeness (QED) is 0.593. The lowest BCUT2D eigenvalue weighted by Crippen LogP contribution is -2.23. The van der Waals surface area contributed by atoms with Gasteiger partial charge in [0.2, 0.25) is 5.91 Å². The van der Waals surface area contributed by atoms with E-state index < -0.39 is 0 Å². The first-order valence-electron chi connectivity index (χ1n) is 6.81. The lowest BCUT2D eigenvalue weighted by Gasteiger charge is -2.07. The number of benzene rings is 1. The van der Waals surface area contributed by atoms with Crippen molar-refractivity contribution < 1.29 is 19.0 Å². The van der Waals surface area contributed by atoms with E-state index in [1.165, 1.54) is 6.07 Å². The number of aliphatic hydroxyl groups is 1. The van der Waals surface area contributed by atoms with Gasteiger partial charge >= 0.3 is 0 Å². The average Bonchev–Trinajstić information content (AvgIpc) is 2.48. The van der Waals surface area contributed by atoms with Crippen molar-refractivity contribution in [1.82, 2.24) is 5.32 Å². The molecule has 0 aliphatic carbocycles. The van der Waals surface area contributed by atoms with Gasteiger partial charge in [-0.25, -0.2) is 4.39 Å². The highest BCUT2D eigenvalue weighted by molar-refractivity contribution is 5.75. The van der Waals surface area contributed by atoms with Gasteiger partial charge in [-0.05, 0) is 24.6 Å². The number of halogens is 1. The van der Waals surface area contributed by atoms with Crippen LogP contribution >= 0.6 is 0 Å². The number of methoxy groups -OCH3 is 1. The Morgan fingerprint density at radius 2 is 2.29 bits per heavy atom. The molecule has 4 nitrogen and oxygen atoms in total. The second kappa shape index (κ2) is 9.92. The van der Waals surface area contributed by atoms with Crippen LogP contribution in [-0.2, 0) is 16.1 Å². The topological polar surface area (TPSA) is 58.6 Å². The predicted octanol–water partition coefficient (Wildman–Crippen LogP) is 1.60. The maximum Gasteiger partial charge on any atom is 0.220 e. The molecule has 5 heteroatoms. The standard InChI is InChI=1S/C16H20FNO3/c1-21-10-4-6-16(20)18-12-14-11-13(5-2-3-9-19)7-8-15(14)17/h7-8,11,19H,3-4,6,9-10,12H2,1H3,(H,18,20). The Morgan fingerprint density at radius 3 is 3.00 bits per heavy atom. The van der Waals surface area contributed by atoms with Gasteiger partial charge < -0.3 is 15.2 Å². The zero-order valence-corrected chi connectivity index (χ0v) is 12.1. The zero-order chi connectivity index (χ0) is 15.5. The van der Waals surface area contributed by atoms with Crippen molar-refractivity contribution >= 4 is 5.91 Å². The highest BCUT2D eigenvalue weighted by Crippen LogP contribution is 2.10. The fraction of sp³-hybridized carbons (Fsp3) is 0.438. The van der Waals surface area contributed by atoms with Crippen LogP contribution in [0.3, 0.4) is 0 Å². The second-order valence-corrected chi connectivity index (χ2v) is 4.45. The van der Waals surface area contributed by atoms with E-state index in [0.717, 1.165) is 0 Å². The van der Waals surface area contributed by atoms with Crippen molar-refractivity contribution in [3.8, 4) is 11.8 Å². The molecule has 1 aromatic rings. The second-order valence-electron chi connectivity index (χ2n) is 4.45. The molecule has 114 valence electrons. The van der Waals surface area contributed by atoms with E-state index in [1.807, 2.05) is 0 Å². The number of rotatable bonds is 7. The fourth-order valence-corrected chi connectivity index (χ4v) is 1.67. The number of aliphatic hydroxyl groups excluding tert-OH is 1. The molecule has 21 heavy (non-hydrogen) atoms. The summed E-state index contributed by atoms with van der Waals surface area (Å²) in [6.45, 7) is 0.656. The van der Waals surface area contributed by atoms with Crippen LogP contribution in [-0.4, -0.2) is 31.3 Å². The van der Waals surface area contributed by atoms with Crippen LogP contribution in [0.5, 0.6) is 0 Å².